The zero-order chi connectivity index (χ0) is 13.1. The maximum atomic E-state index is 11.8. The van der Waals surface area contributed by atoms with Gasteiger partial charge in [-0.25, -0.2) is 0 Å². The highest BCUT2D eigenvalue weighted by atomic mass is 32.2. The minimum atomic E-state index is -0.611. The van der Waals surface area contributed by atoms with Crippen LogP contribution in [0.1, 0.15) is 0 Å². The second kappa shape index (κ2) is 5.23. The third-order valence-corrected chi connectivity index (χ3v) is 3.42. The van der Waals surface area contributed by atoms with Crippen LogP contribution < -0.4 is 10.6 Å². The number of phenols is 1. The zero-order valence-corrected chi connectivity index (χ0v) is 10.1. The van der Waals surface area contributed by atoms with E-state index in [1.54, 1.807) is 11.8 Å². The Morgan fingerprint density at radius 2 is 2.39 bits per heavy atom. The number of carbonyl (C=O) groups is 1. The molecule has 0 aromatic heterocycles. The molecule has 0 saturated carbocycles. The minimum absolute atomic E-state index is 0.171. The zero-order valence-electron chi connectivity index (χ0n) is 9.25. The van der Waals surface area contributed by atoms with Gasteiger partial charge in [-0.05, 0) is 6.07 Å². The summed E-state index contributed by atoms with van der Waals surface area (Å²) < 4.78 is 0. The molecule has 1 atom stereocenters. The Balaban J connectivity index is 2.09. The second-order valence-corrected chi connectivity index (χ2v) is 4.75. The summed E-state index contributed by atoms with van der Waals surface area (Å²) >= 11 is 1.61. The molecule has 2 rings (SSSR count). The highest BCUT2D eigenvalue weighted by Crippen LogP contribution is 2.28. The molecule has 1 amide bonds. The molecular formula is C10H11N3O4S. The van der Waals surface area contributed by atoms with Crippen LogP contribution in [0.25, 0.3) is 0 Å². The lowest BCUT2D eigenvalue weighted by Crippen LogP contribution is -2.37. The summed E-state index contributed by atoms with van der Waals surface area (Å²) in [6.45, 7) is 0. The number of rotatable bonds is 3. The molecule has 0 spiro atoms. The van der Waals surface area contributed by atoms with Gasteiger partial charge >= 0.3 is 0 Å². The van der Waals surface area contributed by atoms with Crippen LogP contribution in [0.5, 0.6) is 5.75 Å². The molecule has 8 heteroatoms. The van der Waals surface area contributed by atoms with E-state index in [1.807, 2.05) is 0 Å². The summed E-state index contributed by atoms with van der Waals surface area (Å²) in [6, 6.07) is 3.25. The first-order valence-electron chi connectivity index (χ1n) is 5.17. The van der Waals surface area contributed by atoms with E-state index < -0.39 is 4.92 Å². The number of nitrogens with zero attached hydrogens (tertiary/aromatic N) is 1. The maximum Gasteiger partial charge on any atom is 0.273 e. The quantitative estimate of drug-likeness (QED) is 0.428. The van der Waals surface area contributed by atoms with Crippen LogP contribution in [-0.2, 0) is 4.79 Å². The number of nitro groups is 1. The van der Waals surface area contributed by atoms with Gasteiger partial charge in [-0.1, -0.05) is 0 Å². The molecule has 0 radical (unpaired) electrons. The average molecular weight is 269 g/mol. The third kappa shape index (κ3) is 2.71. The molecule has 96 valence electrons. The number of nitro benzene ring substituents is 1. The van der Waals surface area contributed by atoms with Gasteiger partial charge in [-0.3, -0.25) is 20.2 Å². The van der Waals surface area contributed by atoms with E-state index in [2.05, 4.69) is 10.6 Å². The minimum Gasteiger partial charge on any atom is -0.506 e. The van der Waals surface area contributed by atoms with Crippen molar-refractivity contribution in [1.29, 1.82) is 0 Å². The predicted molar refractivity (Wildman–Crippen MR) is 67.6 cm³/mol. The third-order valence-electron chi connectivity index (χ3n) is 2.48. The lowest BCUT2D eigenvalue weighted by molar-refractivity contribution is -0.384. The highest BCUT2D eigenvalue weighted by Gasteiger charge is 2.23. The first-order chi connectivity index (χ1) is 8.58. The van der Waals surface area contributed by atoms with Crippen molar-refractivity contribution in [3.63, 3.8) is 0 Å². The Bertz CT molecular complexity index is 488. The SMILES string of the molecule is O=C(Nc1ccc([N+](=O)[O-])cc1O)C1CSCN1. The molecule has 3 N–H and O–H groups in total. The van der Waals surface area contributed by atoms with Crippen molar-refractivity contribution in [2.75, 3.05) is 16.9 Å². The van der Waals surface area contributed by atoms with Gasteiger partial charge in [-0.2, -0.15) is 0 Å². The van der Waals surface area contributed by atoms with E-state index in [0.717, 1.165) is 6.07 Å². The molecule has 0 bridgehead atoms. The van der Waals surface area contributed by atoms with Crippen molar-refractivity contribution in [1.82, 2.24) is 5.32 Å². The van der Waals surface area contributed by atoms with E-state index in [9.17, 15) is 20.0 Å². The summed E-state index contributed by atoms with van der Waals surface area (Å²) in [5, 5.41) is 25.6. The number of phenolic OH excluding ortho intramolecular Hbond substituents is 1. The number of hydrogen-bond acceptors (Lipinski definition) is 6. The van der Waals surface area contributed by atoms with Gasteiger partial charge in [0.25, 0.3) is 5.69 Å². The monoisotopic (exact) mass is 269 g/mol. The molecule has 1 aliphatic rings. The van der Waals surface area contributed by atoms with E-state index in [-0.39, 0.29) is 29.1 Å². The number of benzene rings is 1. The normalized spacial score (nSPS) is 18.6. The number of non-ortho nitro benzene ring substituents is 1. The summed E-state index contributed by atoms with van der Waals surface area (Å²) in [4.78, 5) is 21.6. The first kappa shape index (κ1) is 12.7. The fourth-order valence-electron chi connectivity index (χ4n) is 1.52. The Morgan fingerprint density at radius 1 is 1.61 bits per heavy atom. The molecule has 1 aliphatic heterocycles. The molecule has 1 unspecified atom stereocenters. The van der Waals surface area contributed by atoms with Crippen LogP contribution in [0.3, 0.4) is 0 Å². The van der Waals surface area contributed by atoms with Crippen molar-refractivity contribution in [3.8, 4) is 5.75 Å². The number of nitrogens with one attached hydrogen (secondary N) is 2. The van der Waals surface area contributed by atoms with Gasteiger partial charge in [0.1, 0.15) is 5.75 Å². The van der Waals surface area contributed by atoms with Crippen molar-refractivity contribution in [3.05, 3.63) is 28.3 Å². The van der Waals surface area contributed by atoms with Crippen LogP contribution in [0.2, 0.25) is 0 Å². The van der Waals surface area contributed by atoms with Crippen LogP contribution in [0.4, 0.5) is 11.4 Å². The number of anilines is 1. The molecule has 1 saturated heterocycles. The van der Waals surface area contributed by atoms with Crippen molar-refractivity contribution >= 4 is 29.0 Å². The molecule has 1 aromatic rings. The first-order valence-corrected chi connectivity index (χ1v) is 6.33. The van der Waals surface area contributed by atoms with E-state index in [1.165, 1.54) is 12.1 Å². The van der Waals surface area contributed by atoms with Crippen molar-refractivity contribution in [2.24, 2.45) is 0 Å². The van der Waals surface area contributed by atoms with Gasteiger partial charge in [0.15, 0.2) is 0 Å². The average Bonchev–Trinajstić information content (AvgIpc) is 2.85. The highest BCUT2D eigenvalue weighted by molar-refractivity contribution is 7.99. The van der Waals surface area contributed by atoms with Crippen LogP contribution in [-0.4, -0.2) is 33.6 Å². The topological polar surface area (TPSA) is 104 Å². The second-order valence-electron chi connectivity index (χ2n) is 3.72. The largest absolute Gasteiger partial charge is 0.506 e. The van der Waals surface area contributed by atoms with Gasteiger partial charge in [-0.15, -0.1) is 11.8 Å². The van der Waals surface area contributed by atoms with Crippen LogP contribution in [0, 0.1) is 10.1 Å². The fraction of sp³-hybridized carbons (Fsp3) is 0.300. The van der Waals surface area contributed by atoms with Gasteiger partial charge < -0.3 is 10.4 Å². The molecule has 18 heavy (non-hydrogen) atoms. The number of carbonyl (C=O) groups excluding carboxylic acids is 1. The Hall–Kier alpha value is -1.80. The predicted octanol–water partition coefficient (Wildman–Crippen LogP) is 0.901. The summed E-state index contributed by atoms with van der Waals surface area (Å²) in [5.74, 6) is 0.802. The summed E-state index contributed by atoms with van der Waals surface area (Å²) in [5.41, 5.74) is -0.0515. The Morgan fingerprint density at radius 3 is 2.94 bits per heavy atom. The molecule has 1 aromatic carbocycles. The fourth-order valence-corrected chi connectivity index (χ4v) is 2.46. The molecule has 1 heterocycles. The van der Waals surface area contributed by atoms with Gasteiger partial charge in [0, 0.05) is 17.7 Å². The van der Waals surface area contributed by atoms with E-state index >= 15 is 0 Å². The molecule has 0 aliphatic carbocycles. The Kier molecular flexibility index (Phi) is 3.68. The van der Waals surface area contributed by atoms with Gasteiger partial charge in [0.2, 0.25) is 5.91 Å². The van der Waals surface area contributed by atoms with Crippen LogP contribution in [0.15, 0.2) is 18.2 Å². The number of hydrogen-bond donors (Lipinski definition) is 3. The summed E-state index contributed by atoms with van der Waals surface area (Å²) in [7, 11) is 0. The Labute approximate surface area is 107 Å². The van der Waals surface area contributed by atoms with Crippen LogP contribution >= 0.6 is 11.8 Å². The molecular weight excluding hydrogens is 258 g/mol. The van der Waals surface area contributed by atoms with E-state index in [4.69, 9.17) is 0 Å². The molecule has 1 fully saturated rings. The number of amides is 1. The van der Waals surface area contributed by atoms with E-state index in [0.29, 0.717) is 11.6 Å². The van der Waals surface area contributed by atoms with Crippen molar-refractivity contribution in [2.45, 2.75) is 6.04 Å². The number of aromatic hydroxyl groups is 1. The molecule has 7 nitrogen and oxygen atoms in total. The number of thioether (sulfide) groups is 1. The van der Waals surface area contributed by atoms with Gasteiger partial charge in [0.05, 0.1) is 22.7 Å². The standard InChI is InChI=1S/C10H11N3O4S/c14-9-3-6(13(16)17)1-2-7(9)12-10(15)8-4-18-5-11-8/h1-3,8,11,14H,4-5H2,(H,12,15). The summed E-state index contributed by atoms with van der Waals surface area (Å²) in [6.07, 6.45) is 0. The lowest BCUT2D eigenvalue weighted by atomic mass is 10.2. The lowest BCUT2D eigenvalue weighted by Gasteiger charge is -2.11. The smallest absolute Gasteiger partial charge is 0.273 e. The van der Waals surface area contributed by atoms with Crippen molar-refractivity contribution < 1.29 is 14.8 Å². The maximum absolute atomic E-state index is 11.8.